The van der Waals surface area contributed by atoms with Gasteiger partial charge in [-0.2, -0.15) is 5.10 Å². The van der Waals surface area contributed by atoms with Crippen molar-refractivity contribution in [2.45, 2.75) is 37.6 Å². The van der Waals surface area contributed by atoms with Gasteiger partial charge in [0, 0.05) is 25.9 Å². The Labute approximate surface area is 119 Å². The number of aliphatic hydroxyl groups is 1. The van der Waals surface area contributed by atoms with E-state index in [-0.39, 0.29) is 29.2 Å². The normalized spacial score (nSPS) is 23.3. The number of nitrogen functional groups attached to an aromatic ring is 1. The summed E-state index contributed by atoms with van der Waals surface area (Å²) in [6.45, 7) is 2.88. The zero-order valence-corrected chi connectivity index (χ0v) is 12.4. The van der Waals surface area contributed by atoms with Crippen molar-refractivity contribution in [1.82, 2.24) is 14.5 Å². The fraction of sp³-hybridized carbons (Fsp3) is 0.750. The topological polar surface area (TPSA) is 110 Å². The fourth-order valence-corrected chi connectivity index (χ4v) is 3.87. The van der Waals surface area contributed by atoms with Crippen LogP contribution in [-0.2, 0) is 16.6 Å². The maximum Gasteiger partial charge on any atom is 0.245 e. The average Bonchev–Trinajstić information content (AvgIpc) is 3.02. The molecule has 8 heteroatoms. The minimum atomic E-state index is -3.64. The predicted octanol–water partition coefficient (Wildman–Crippen LogP) is 0.172. The molecule has 0 aromatic carbocycles. The number of sulfonamides is 1. The van der Waals surface area contributed by atoms with Crippen LogP contribution in [-0.4, -0.2) is 36.5 Å². The highest BCUT2D eigenvalue weighted by atomic mass is 32.2. The van der Waals surface area contributed by atoms with E-state index >= 15 is 0 Å². The summed E-state index contributed by atoms with van der Waals surface area (Å²) in [5.41, 5.74) is 5.65. The molecule has 1 aliphatic rings. The van der Waals surface area contributed by atoms with Crippen LogP contribution in [0.2, 0.25) is 0 Å². The van der Waals surface area contributed by atoms with Crippen molar-refractivity contribution in [2.75, 3.05) is 18.9 Å². The summed E-state index contributed by atoms with van der Waals surface area (Å²) in [6, 6.07) is 0. The van der Waals surface area contributed by atoms with Crippen LogP contribution in [0.4, 0.5) is 5.82 Å². The van der Waals surface area contributed by atoms with E-state index in [1.165, 1.54) is 10.9 Å². The van der Waals surface area contributed by atoms with Crippen molar-refractivity contribution in [3.8, 4) is 0 Å². The molecule has 2 unspecified atom stereocenters. The third kappa shape index (κ3) is 3.13. The maximum absolute atomic E-state index is 12.2. The summed E-state index contributed by atoms with van der Waals surface area (Å²) in [5.74, 6) is 0.398. The second-order valence-corrected chi connectivity index (χ2v) is 6.96. The Morgan fingerprint density at radius 3 is 2.80 bits per heavy atom. The van der Waals surface area contributed by atoms with Crippen LogP contribution in [0.1, 0.15) is 26.2 Å². The molecule has 1 aromatic rings. The van der Waals surface area contributed by atoms with Crippen molar-refractivity contribution in [2.24, 2.45) is 11.8 Å². The molecule has 1 fully saturated rings. The summed E-state index contributed by atoms with van der Waals surface area (Å²) in [6.07, 6.45) is 4.37. The molecule has 20 heavy (non-hydrogen) atoms. The molecular weight excluding hydrogens is 280 g/mol. The summed E-state index contributed by atoms with van der Waals surface area (Å²) >= 11 is 0. The molecule has 2 atom stereocenters. The monoisotopic (exact) mass is 302 g/mol. The number of aromatic nitrogens is 2. The van der Waals surface area contributed by atoms with Crippen molar-refractivity contribution in [3.63, 3.8) is 0 Å². The largest absolute Gasteiger partial charge is 0.396 e. The summed E-state index contributed by atoms with van der Waals surface area (Å²) < 4.78 is 28.5. The number of hydrogen-bond acceptors (Lipinski definition) is 5. The van der Waals surface area contributed by atoms with E-state index in [1.54, 1.807) is 0 Å². The number of nitrogens with two attached hydrogens (primary N) is 1. The van der Waals surface area contributed by atoms with Crippen LogP contribution in [0.3, 0.4) is 0 Å². The number of rotatable bonds is 6. The Hall–Kier alpha value is -1.12. The van der Waals surface area contributed by atoms with E-state index in [9.17, 15) is 13.5 Å². The number of aryl methyl sites for hydroxylation is 1. The van der Waals surface area contributed by atoms with Gasteiger partial charge in [0.15, 0.2) is 5.82 Å². The van der Waals surface area contributed by atoms with Crippen LogP contribution >= 0.6 is 0 Å². The molecule has 2 rings (SSSR count). The molecule has 1 heterocycles. The third-order valence-electron chi connectivity index (χ3n) is 3.95. The second-order valence-electron chi connectivity index (χ2n) is 5.22. The van der Waals surface area contributed by atoms with Gasteiger partial charge in [0.1, 0.15) is 4.90 Å². The van der Waals surface area contributed by atoms with E-state index < -0.39 is 10.0 Å². The van der Waals surface area contributed by atoms with Gasteiger partial charge >= 0.3 is 0 Å². The number of hydrogen-bond donors (Lipinski definition) is 3. The molecule has 1 saturated carbocycles. The van der Waals surface area contributed by atoms with Crippen molar-refractivity contribution in [1.29, 1.82) is 0 Å². The van der Waals surface area contributed by atoms with Gasteiger partial charge in [0.25, 0.3) is 0 Å². The van der Waals surface area contributed by atoms with Crippen molar-refractivity contribution >= 4 is 15.8 Å². The lowest BCUT2D eigenvalue weighted by Crippen LogP contribution is -2.32. The van der Waals surface area contributed by atoms with Crippen LogP contribution in [0.15, 0.2) is 11.1 Å². The molecule has 0 saturated heterocycles. The maximum atomic E-state index is 12.2. The van der Waals surface area contributed by atoms with Crippen molar-refractivity contribution in [3.05, 3.63) is 6.20 Å². The smallest absolute Gasteiger partial charge is 0.245 e. The lowest BCUT2D eigenvalue weighted by molar-refractivity contribution is 0.195. The van der Waals surface area contributed by atoms with E-state index in [0.29, 0.717) is 13.1 Å². The molecule has 0 spiro atoms. The van der Waals surface area contributed by atoms with Crippen LogP contribution in [0.25, 0.3) is 0 Å². The summed E-state index contributed by atoms with van der Waals surface area (Å²) in [7, 11) is -3.64. The fourth-order valence-electron chi connectivity index (χ4n) is 2.70. The zero-order chi connectivity index (χ0) is 14.8. The Bertz CT molecular complexity index is 555. The minimum absolute atomic E-state index is 0.0180. The Kier molecular flexibility index (Phi) is 4.66. The number of nitrogens with one attached hydrogen (secondary N) is 1. The molecule has 0 amide bonds. The molecule has 7 nitrogen and oxygen atoms in total. The van der Waals surface area contributed by atoms with Gasteiger partial charge in [-0.1, -0.05) is 6.42 Å². The van der Waals surface area contributed by atoms with Crippen molar-refractivity contribution < 1.29 is 13.5 Å². The third-order valence-corrected chi connectivity index (χ3v) is 5.40. The van der Waals surface area contributed by atoms with E-state index in [1.807, 2.05) is 6.92 Å². The molecule has 114 valence electrons. The lowest BCUT2D eigenvalue weighted by Gasteiger charge is -2.17. The van der Waals surface area contributed by atoms with Crippen LogP contribution in [0.5, 0.6) is 0 Å². The van der Waals surface area contributed by atoms with Gasteiger partial charge in [-0.05, 0) is 31.6 Å². The van der Waals surface area contributed by atoms with Crippen LogP contribution < -0.4 is 10.5 Å². The molecule has 4 N–H and O–H groups in total. The summed E-state index contributed by atoms with van der Waals surface area (Å²) in [5, 5.41) is 13.2. The quantitative estimate of drug-likeness (QED) is 0.694. The zero-order valence-electron chi connectivity index (χ0n) is 11.6. The van der Waals surface area contributed by atoms with Crippen LogP contribution in [0, 0.1) is 11.8 Å². The standard InChI is InChI=1S/C12H22N4O3S/c1-2-16-7-11(12(13)15-16)20(18,19)14-6-9-4-3-5-10(9)8-17/h7,9-10,14,17H,2-6,8H2,1H3,(H2,13,15). The predicted molar refractivity (Wildman–Crippen MR) is 75.4 cm³/mol. The highest BCUT2D eigenvalue weighted by molar-refractivity contribution is 7.89. The minimum Gasteiger partial charge on any atom is -0.396 e. The molecule has 0 bridgehead atoms. The van der Waals surface area contributed by atoms with Gasteiger partial charge in [0.05, 0.1) is 0 Å². The molecule has 1 aromatic heterocycles. The Balaban J connectivity index is 2.05. The lowest BCUT2D eigenvalue weighted by atomic mass is 9.97. The second kappa shape index (κ2) is 6.11. The van der Waals surface area contributed by atoms with E-state index in [2.05, 4.69) is 9.82 Å². The SMILES string of the molecule is CCn1cc(S(=O)(=O)NCC2CCCC2CO)c(N)n1. The Morgan fingerprint density at radius 1 is 1.50 bits per heavy atom. The molecular formula is C12H22N4O3S. The first-order chi connectivity index (χ1) is 9.47. The molecule has 0 radical (unpaired) electrons. The number of aliphatic hydroxyl groups excluding tert-OH is 1. The van der Waals surface area contributed by atoms with Gasteiger partial charge in [-0.25, -0.2) is 13.1 Å². The first-order valence-corrected chi connectivity index (χ1v) is 8.39. The highest BCUT2D eigenvalue weighted by Crippen LogP contribution is 2.31. The molecule has 0 aliphatic heterocycles. The summed E-state index contributed by atoms with van der Waals surface area (Å²) in [4.78, 5) is 0.0258. The van der Waals surface area contributed by atoms with Gasteiger partial charge in [-0.15, -0.1) is 0 Å². The first kappa shape index (κ1) is 15.3. The Morgan fingerprint density at radius 2 is 2.20 bits per heavy atom. The van der Waals surface area contributed by atoms with Gasteiger partial charge in [-0.3, -0.25) is 4.68 Å². The first-order valence-electron chi connectivity index (χ1n) is 6.91. The van der Waals surface area contributed by atoms with Gasteiger partial charge in [0.2, 0.25) is 10.0 Å². The number of anilines is 1. The number of nitrogens with zero attached hydrogens (tertiary/aromatic N) is 2. The van der Waals surface area contributed by atoms with E-state index in [4.69, 9.17) is 5.73 Å². The van der Waals surface area contributed by atoms with E-state index in [0.717, 1.165) is 19.3 Å². The van der Waals surface area contributed by atoms with Gasteiger partial charge < -0.3 is 10.8 Å². The average molecular weight is 302 g/mol. The highest BCUT2D eigenvalue weighted by Gasteiger charge is 2.29. The molecule has 1 aliphatic carbocycles.